The Morgan fingerprint density at radius 2 is 1.71 bits per heavy atom. The Balaban J connectivity index is 1.39. The molecular formula is C18H30FN3O2. The molecule has 0 spiro atoms. The maximum atomic E-state index is 12.5. The fourth-order valence-electron chi connectivity index (χ4n) is 4.25. The Hall–Kier alpha value is -1.17. The minimum Gasteiger partial charge on any atom is -0.352 e. The van der Waals surface area contributed by atoms with Crippen molar-refractivity contribution < 1.29 is 14.0 Å². The molecule has 2 heterocycles. The molecule has 3 aliphatic rings. The fourth-order valence-corrected chi connectivity index (χ4v) is 4.25. The third kappa shape index (κ3) is 4.26. The molecule has 2 saturated heterocycles. The third-order valence-electron chi connectivity index (χ3n) is 5.77. The van der Waals surface area contributed by atoms with Gasteiger partial charge < -0.3 is 10.2 Å². The minimum absolute atomic E-state index is 0.0610. The molecule has 6 heteroatoms. The molecule has 0 bridgehead atoms. The molecular weight excluding hydrogens is 309 g/mol. The van der Waals surface area contributed by atoms with Crippen molar-refractivity contribution in [2.24, 2.45) is 11.8 Å². The number of alkyl halides is 1. The molecule has 136 valence electrons. The lowest BCUT2D eigenvalue weighted by molar-refractivity contribution is -0.147. The number of carbonyl (C=O) groups is 2. The summed E-state index contributed by atoms with van der Waals surface area (Å²) >= 11 is 0. The van der Waals surface area contributed by atoms with Crippen LogP contribution in [0.15, 0.2) is 0 Å². The largest absolute Gasteiger partial charge is 0.352 e. The highest BCUT2D eigenvalue weighted by Gasteiger charge is 2.39. The van der Waals surface area contributed by atoms with Crippen LogP contribution in [0.5, 0.6) is 0 Å². The predicted molar refractivity (Wildman–Crippen MR) is 90.2 cm³/mol. The molecule has 0 radical (unpaired) electrons. The maximum Gasteiger partial charge on any atom is 0.226 e. The Labute approximate surface area is 143 Å². The number of hydrogen-bond donors (Lipinski definition) is 1. The van der Waals surface area contributed by atoms with Gasteiger partial charge in [0, 0.05) is 38.1 Å². The second kappa shape index (κ2) is 8.28. The lowest BCUT2D eigenvalue weighted by atomic mass is 9.86. The zero-order valence-corrected chi connectivity index (χ0v) is 14.5. The van der Waals surface area contributed by atoms with Crippen LogP contribution < -0.4 is 5.32 Å². The highest BCUT2D eigenvalue weighted by atomic mass is 19.1. The molecule has 1 N–H and O–H groups in total. The van der Waals surface area contributed by atoms with E-state index in [4.69, 9.17) is 0 Å². The highest BCUT2D eigenvalue weighted by molar-refractivity contribution is 5.85. The third-order valence-corrected chi connectivity index (χ3v) is 5.77. The number of carbonyl (C=O) groups excluding carboxylic acids is 2. The topological polar surface area (TPSA) is 52.7 Å². The zero-order valence-electron chi connectivity index (χ0n) is 14.5. The van der Waals surface area contributed by atoms with Crippen LogP contribution in [0, 0.1) is 11.8 Å². The van der Waals surface area contributed by atoms with Gasteiger partial charge in [0.05, 0.1) is 5.92 Å². The van der Waals surface area contributed by atoms with Gasteiger partial charge in [-0.3, -0.25) is 14.5 Å². The minimum atomic E-state index is -0.332. The van der Waals surface area contributed by atoms with Gasteiger partial charge in [-0.25, -0.2) is 4.39 Å². The van der Waals surface area contributed by atoms with Crippen molar-refractivity contribution in [1.29, 1.82) is 0 Å². The molecule has 5 nitrogen and oxygen atoms in total. The number of amides is 2. The van der Waals surface area contributed by atoms with Crippen LogP contribution in [0.4, 0.5) is 4.39 Å². The summed E-state index contributed by atoms with van der Waals surface area (Å²) in [6.07, 6.45) is 7.55. The molecule has 24 heavy (non-hydrogen) atoms. The standard InChI is InChI=1S/C18H30FN3O2/c19-8-10-21-9-4-7-16(13-21)20-17(23)15-11-22(12-15)18(24)14-5-2-1-3-6-14/h14-16H,1-13H2,(H,20,23). The van der Waals surface area contributed by atoms with E-state index in [1.165, 1.54) is 6.42 Å². The van der Waals surface area contributed by atoms with E-state index in [1.54, 1.807) is 0 Å². The van der Waals surface area contributed by atoms with Gasteiger partial charge in [-0.05, 0) is 32.2 Å². The summed E-state index contributed by atoms with van der Waals surface area (Å²) in [6, 6.07) is 0.126. The Morgan fingerprint density at radius 1 is 0.958 bits per heavy atom. The molecule has 3 fully saturated rings. The Morgan fingerprint density at radius 3 is 2.42 bits per heavy atom. The van der Waals surface area contributed by atoms with Gasteiger partial charge in [0.15, 0.2) is 0 Å². The molecule has 1 atom stereocenters. The number of hydrogen-bond acceptors (Lipinski definition) is 3. The van der Waals surface area contributed by atoms with E-state index >= 15 is 0 Å². The van der Waals surface area contributed by atoms with Crippen LogP contribution in [0.3, 0.4) is 0 Å². The van der Waals surface area contributed by atoms with Crippen LogP contribution in [0.25, 0.3) is 0 Å². The van der Waals surface area contributed by atoms with E-state index in [1.807, 2.05) is 4.90 Å². The van der Waals surface area contributed by atoms with Crippen molar-refractivity contribution in [3.8, 4) is 0 Å². The first kappa shape index (κ1) is 17.6. The van der Waals surface area contributed by atoms with Crippen LogP contribution in [0.2, 0.25) is 0 Å². The van der Waals surface area contributed by atoms with Crippen LogP contribution in [0.1, 0.15) is 44.9 Å². The number of nitrogens with zero attached hydrogens (tertiary/aromatic N) is 2. The summed E-state index contributed by atoms with van der Waals surface area (Å²) in [5.74, 6) is 0.449. The molecule has 0 aromatic heterocycles. The molecule has 0 aromatic carbocycles. The fraction of sp³-hybridized carbons (Fsp3) is 0.889. The summed E-state index contributed by atoms with van der Waals surface area (Å²) in [5.41, 5.74) is 0. The average molecular weight is 339 g/mol. The van der Waals surface area contributed by atoms with Gasteiger partial charge in [0.25, 0.3) is 0 Å². The van der Waals surface area contributed by atoms with Crippen molar-refractivity contribution in [3.05, 3.63) is 0 Å². The van der Waals surface area contributed by atoms with E-state index in [2.05, 4.69) is 10.2 Å². The quantitative estimate of drug-likeness (QED) is 0.827. The van der Waals surface area contributed by atoms with E-state index < -0.39 is 0 Å². The van der Waals surface area contributed by atoms with Gasteiger partial charge >= 0.3 is 0 Å². The smallest absolute Gasteiger partial charge is 0.226 e. The molecule has 2 aliphatic heterocycles. The summed E-state index contributed by atoms with van der Waals surface area (Å²) in [4.78, 5) is 28.7. The first-order chi connectivity index (χ1) is 11.7. The van der Waals surface area contributed by atoms with Gasteiger partial charge in [-0.2, -0.15) is 0 Å². The Bertz CT molecular complexity index is 446. The van der Waals surface area contributed by atoms with E-state index in [0.29, 0.717) is 19.6 Å². The first-order valence-corrected chi connectivity index (χ1v) is 9.55. The summed E-state index contributed by atoms with van der Waals surface area (Å²) in [6.45, 7) is 2.93. The SMILES string of the molecule is O=C(NC1CCCN(CCF)C1)C1CN(C(=O)C2CCCCC2)C1. The Kier molecular flexibility index (Phi) is 6.09. The van der Waals surface area contributed by atoms with Crippen molar-refractivity contribution in [3.63, 3.8) is 0 Å². The normalized spacial score (nSPS) is 26.9. The van der Waals surface area contributed by atoms with Crippen molar-refractivity contribution in [2.75, 3.05) is 39.4 Å². The van der Waals surface area contributed by atoms with Crippen LogP contribution in [-0.2, 0) is 9.59 Å². The predicted octanol–water partition coefficient (Wildman–Crippen LogP) is 1.58. The molecule has 1 aliphatic carbocycles. The summed E-state index contributed by atoms with van der Waals surface area (Å²) in [7, 11) is 0. The van der Waals surface area contributed by atoms with Crippen LogP contribution >= 0.6 is 0 Å². The molecule has 1 unspecified atom stereocenters. The average Bonchev–Trinajstić information content (AvgIpc) is 2.55. The van der Waals surface area contributed by atoms with E-state index in [-0.39, 0.29) is 36.4 Å². The molecule has 1 saturated carbocycles. The maximum absolute atomic E-state index is 12.5. The lowest BCUT2D eigenvalue weighted by Gasteiger charge is -2.42. The van der Waals surface area contributed by atoms with Crippen molar-refractivity contribution >= 4 is 11.8 Å². The summed E-state index contributed by atoms with van der Waals surface area (Å²) in [5, 5.41) is 3.11. The number of nitrogens with one attached hydrogen (secondary N) is 1. The number of likely N-dealkylation sites (tertiary alicyclic amines) is 2. The van der Waals surface area contributed by atoms with Gasteiger partial charge in [0.2, 0.25) is 11.8 Å². The second-order valence-electron chi connectivity index (χ2n) is 7.61. The van der Waals surface area contributed by atoms with Gasteiger partial charge in [-0.1, -0.05) is 19.3 Å². The number of halogens is 1. The second-order valence-corrected chi connectivity index (χ2v) is 7.61. The monoisotopic (exact) mass is 339 g/mol. The number of piperidine rings is 1. The van der Waals surface area contributed by atoms with Crippen LogP contribution in [-0.4, -0.2) is 67.1 Å². The highest BCUT2D eigenvalue weighted by Crippen LogP contribution is 2.28. The molecule has 0 aromatic rings. The number of rotatable bonds is 5. The van der Waals surface area contributed by atoms with Gasteiger partial charge in [0.1, 0.15) is 6.67 Å². The van der Waals surface area contributed by atoms with Crippen molar-refractivity contribution in [2.45, 2.75) is 51.0 Å². The van der Waals surface area contributed by atoms with Crippen molar-refractivity contribution in [1.82, 2.24) is 15.1 Å². The first-order valence-electron chi connectivity index (χ1n) is 9.55. The molecule has 2 amide bonds. The van der Waals surface area contributed by atoms with Gasteiger partial charge in [-0.15, -0.1) is 0 Å². The lowest BCUT2D eigenvalue weighted by Crippen LogP contribution is -2.59. The zero-order chi connectivity index (χ0) is 16.9. The van der Waals surface area contributed by atoms with E-state index in [9.17, 15) is 14.0 Å². The van der Waals surface area contributed by atoms with E-state index in [0.717, 1.165) is 51.6 Å². The summed E-state index contributed by atoms with van der Waals surface area (Å²) < 4.78 is 12.5. The molecule has 3 rings (SSSR count).